The number of hydrogen-bond donors (Lipinski definition) is 1. The Bertz CT molecular complexity index is 401. The lowest BCUT2D eigenvalue weighted by Crippen LogP contribution is -2.52. The third-order valence-electron chi connectivity index (χ3n) is 5.22. The van der Waals surface area contributed by atoms with Crippen molar-refractivity contribution in [3.63, 3.8) is 0 Å². The molecule has 0 saturated carbocycles. The summed E-state index contributed by atoms with van der Waals surface area (Å²) in [4.78, 5) is 7.71. The Balaban J connectivity index is 1.48. The van der Waals surface area contributed by atoms with Crippen molar-refractivity contribution in [2.45, 2.75) is 45.2 Å². The Morgan fingerprint density at radius 1 is 1.05 bits per heavy atom. The first-order valence-electron chi connectivity index (χ1n) is 9.09. The van der Waals surface area contributed by atoms with E-state index < -0.39 is 0 Å². The van der Waals surface area contributed by atoms with Crippen molar-refractivity contribution in [1.29, 1.82) is 0 Å². The van der Waals surface area contributed by atoms with Gasteiger partial charge in [0.2, 0.25) is 0 Å². The van der Waals surface area contributed by atoms with Gasteiger partial charge in [0.05, 0.1) is 6.04 Å². The van der Waals surface area contributed by atoms with E-state index in [1.54, 1.807) is 0 Å². The standard InChI is InChI=1S/C18H32N4/c1-16(2)21-11-13-22(14-12-21)18-8-6-7-17(19-18)15-20-9-4-3-5-10-20/h6-8,16-17,19H,3-5,9-15H2,1-2H3. The number of piperidine rings is 1. The third-order valence-corrected chi connectivity index (χ3v) is 5.22. The monoisotopic (exact) mass is 304 g/mol. The normalized spacial score (nSPS) is 27.9. The minimum absolute atomic E-state index is 0.473. The molecule has 0 bridgehead atoms. The van der Waals surface area contributed by atoms with Gasteiger partial charge in [-0.3, -0.25) is 4.90 Å². The zero-order chi connectivity index (χ0) is 15.4. The Kier molecular flexibility index (Phi) is 5.42. The molecule has 1 atom stereocenters. The molecule has 0 aromatic carbocycles. The van der Waals surface area contributed by atoms with E-state index in [1.165, 1.54) is 51.3 Å². The van der Waals surface area contributed by atoms with Gasteiger partial charge in [0.1, 0.15) is 5.82 Å². The van der Waals surface area contributed by atoms with Crippen molar-refractivity contribution >= 4 is 0 Å². The van der Waals surface area contributed by atoms with E-state index in [0.717, 1.165) is 19.6 Å². The molecule has 3 rings (SSSR count). The van der Waals surface area contributed by atoms with Crippen molar-refractivity contribution in [3.8, 4) is 0 Å². The summed E-state index contributed by atoms with van der Waals surface area (Å²) in [6.45, 7) is 12.9. The summed E-state index contributed by atoms with van der Waals surface area (Å²) in [5.74, 6) is 1.33. The maximum atomic E-state index is 3.75. The molecule has 0 amide bonds. The van der Waals surface area contributed by atoms with Crippen LogP contribution in [0.15, 0.2) is 24.0 Å². The zero-order valence-corrected chi connectivity index (χ0v) is 14.3. The number of hydrogen-bond acceptors (Lipinski definition) is 4. The number of piperazine rings is 1. The Morgan fingerprint density at radius 3 is 2.45 bits per heavy atom. The molecule has 1 unspecified atom stereocenters. The van der Waals surface area contributed by atoms with Crippen LogP contribution in [0, 0.1) is 0 Å². The second-order valence-corrected chi connectivity index (χ2v) is 7.17. The van der Waals surface area contributed by atoms with Crippen molar-refractivity contribution in [2.75, 3.05) is 45.8 Å². The lowest BCUT2D eigenvalue weighted by atomic mass is 10.1. The first-order chi connectivity index (χ1) is 10.7. The molecule has 22 heavy (non-hydrogen) atoms. The highest BCUT2D eigenvalue weighted by atomic mass is 15.3. The molecule has 0 spiro atoms. The quantitative estimate of drug-likeness (QED) is 0.856. The average molecular weight is 304 g/mol. The van der Waals surface area contributed by atoms with Gasteiger partial charge in [0.25, 0.3) is 0 Å². The lowest BCUT2D eigenvalue weighted by molar-refractivity contribution is 0.122. The van der Waals surface area contributed by atoms with Crippen molar-refractivity contribution in [2.24, 2.45) is 0 Å². The number of dihydropyridines is 1. The molecule has 0 aromatic heterocycles. The van der Waals surface area contributed by atoms with Gasteiger partial charge in [-0.1, -0.05) is 18.6 Å². The number of nitrogens with one attached hydrogen (secondary N) is 1. The van der Waals surface area contributed by atoms with Gasteiger partial charge in [0, 0.05) is 38.8 Å². The predicted octanol–water partition coefficient (Wildman–Crippen LogP) is 1.87. The van der Waals surface area contributed by atoms with E-state index in [-0.39, 0.29) is 0 Å². The van der Waals surface area contributed by atoms with E-state index in [0.29, 0.717) is 12.1 Å². The van der Waals surface area contributed by atoms with Gasteiger partial charge in [-0.05, 0) is 45.9 Å². The van der Waals surface area contributed by atoms with Crippen LogP contribution in [0.4, 0.5) is 0 Å². The fourth-order valence-electron chi connectivity index (χ4n) is 3.77. The van der Waals surface area contributed by atoms with Crippen LogP contribution in [0.5, 0.6) is 0 Å². The minimum Gasteiger partial charge on any atom is -0.364 e. The number of nitrogens with zero attached hydrogens (tertiary/aromatic N) is 3. The summed E-state index contributed by atoms with van der Waals surface area (Å²) in [5, 5.41) is 3.75. The number of allylic oxidation sites excluding steroid dienone is 2. The average Bonchev–Trinajstić information content (AvgIpc) is 2.56. The van der Waals surface area contributed by atoms with E-state index in [4.69, 9.17) is 0 Å². The molecule has 4 nitrogen and oxygen atoms in total. The molecule has 1 N–H and O–H groups in total. The Hall–Kier alpha value is -1.00. The number of rotatable bonds is 4. The summed E-state index contributed by atoms with van der Waals surface area (Å²) >= 11 is 0. The largest absolute Gasteiger partial charge is 0.364 e. The predicted molar refractivity (Wildman–Crippen MR) is 92.7 cm³/mol. The van der Waals surface area contributed by atoms with Gasteiger partial charge in [-0.25, -0.2) is 0 Å². The Labute approximate surface area is 135 Å². The molecule has 3 aliphatic heterocycles. The van der Waals surface area contributed by atoms with Crippen LogP contribution in [0.1, 0.15) is 33.1 Å². The molecule has 0 radical (unpaired) electrons. The van der Waals surface area contributed by atoms with Crippen molar-refractivity contribution in [1.82, 2.24) is 20.0 Å². The molecular weight excluding hydrogens is 272 g/mol. The van der Waals surface area contributed by atoms with E-state index in [9.17, 15) is 0 Å². The van der Waals surface area contributed by atoms with E-state index in [1.807, 2.05) is 0 Å². The fraction of sp³-hybridized carbons (Fsp3) is 0.778. The van der Waals surface area contributed by atoms with Crippen molar-refractivity contribution in [3.05, 3.63) is 24.0 Å². The lowest BCUT2D eigenvalue weighted by Gasteiger charge is -2.41. The van der Waals surface area contributed by atoms with Gasteiger partial charge in [0.15, 0.2) is 0 Å². The summed E-state index contributed by atoms with van der Waals surface area (Å²) < 4.78 is 0. The molecular formula is C18H32N4. The maximum Gasteiger partial charge on any atom is 0.102 e. The van der Waals surface area contributed by atoms with Crippen LogP contribution in [-0.2, 0) is 0 Å². The molecule has 124 valence electrons. The topological polar surface area (TPSA) is 21.8 Å². The van der Waals surface area contributed by atoms with E-state index in [2.05, 4.69) is 52.1 Å². The second kappa shape index (κ2) is 7.51. The van der Waals surface area contributed by atoms with Crippen LogP contribution in [-0.4, -0.2) is 72.6 Å². The van der Waals surface area contributed by atoms with Crippen LogP contribution in [0.25, 0.3) is 0 Å². The molecule has 0 aliphatic carbocycles. The highest BCUT2D eigenvalue weighted by Gasteiger charge is 2.23. The molecule has 4 heteroatoms. The molecule has 0 aromatic rings. The summed E-state index contributed by atoms with van der Waals surface area (Å²) in [5.41, 5.74) is 0. The van der Waals surface area contributed by atoms with Crippen LogP contribution in [0.3, 0.4) is 0 Å². The smallest absolute Gasteiger partial charge is 0.102 e. The molecule has 3 heterocycles. The highest BCUT2D eigenvalue weighted by molar-refractivity contribution is 5.20. The van der Waals surface area contributed by atoms with Crippen LogP contribution >= 0.6 is 0 Å². The SMILES string of the molecule is CC(C)N1CCN(C2=CC=CC(CN3CCCCC3)N2)CC1. The van der Waals surface area contributed by atoms with Gasteiger partial charge >= 0.3 is 0 Å². The van der Waals surface area contributed by atoms with Gasteiger partial charge < -0.3 is 15.1 Å². The fourth-order valence-corrected chi connectivity index (χ4v) is 3.77. The van der Waals surface area contributed by atoms with Crippen molar-refractivity contribution < 1.29 is 0 Å². The molecule has 2 saturated heterocycles. The zero-order valence-electron chi connectivity index (χ0n) is 14.3. The first kappa shape index (κ1) is 15.9. The molecule has 2 fully saturated rings. The van der Waals surface area contributed by atoms with Gasteiger partial charge in [-0.2, -0.15) is 0 Å². The summed E-state index contributed by atoms with van der Waals surface area (Å²) in [6.07, 6.45) is 11.0. The van der Waals surface area contributed by atoms with Crippen LogP contribution < -0.4 is 5.32 Å². The summed E-state index contributed by atoms with van der Waals surface area (Å²) in [6, 6.07) is 1.14. The van der Waals surface area contributed by atoms with E-state index >= 15 is 0 Å². The van der Waals surface area contributed by atoms with Crippen LogP contribution in [0.2, 0.25) is 0 Å². The maximum absolute atomic E-state index is 3.75. The van der Waals surface area contributed by atoms with Gasteiger partial charge in [-0.15, -0.1) is 0 Å². The minimum atomic E-state index is 0.473. The number of likely N-dealkylation sites (tertiary alicyclic amines) is 1. The third kappa shape index (κ3) is 4.05. The molecule has 3 aliphatic rings. The second-order valence-electron chi connectivity index (χ2n) is 7.17. The first-order valence-corrected chi connectivity index (χ1v) is 9.09. The highest BCUT2D eigenvalue weighted by Crippen LogP contribution is 2.15. The Morgan fingerprint density at radius 2 is 1.77 bits per heavy atom. The summed E-state index contributed by atoms with van der Waals surface area (Å²) in [7, 11) is 0.